The van der Waals surface area contributed by atoms with Gasteiger partial charge in [0.05, 0.1) is 11.3 Å². The summed E-state index contributed by atoms with van der Waals surface area (Å²) in [6.07, 6.45) is 0.856. The van der Waals surface area contributed by atoms with Crippen LogP contribution >= 0.6 is 0 Å². The fourth-order valence-corrected chi connectivity index (χ4v) is 4.71. The van der Waals surface area contributed by atoms with Crippen LogP contribution in [-0.2, 0) is 24.3 Å². The molecule has 1 amide bonds. The van der Waals surface area contributed by atoms with Crippen LogP contribution in [0.25, 0.3) is 0 Å². The van der Waals surface area contributed by atoms with Crippen molar-refractivity contribution in [3.8, 4) is 0 Å². The monoisotopic (exact) mass is 410 g/mol. The van der Waals surface area contributed by atoms with Gasteiger partial charge in [-0.1, -0.05) is 0 Å². The van der Waals surface area contributed by atoms with Crippen LogP contribution in [-0.4, -0.2) is 39.0 Å². The molecule has 2 rings (SSSR count). The Labute approximate surface area is 167 Å². The maximum absolute atomic E-state index is 12.8. The first-order valence-electron chi connectivity index (χ1n) is 9.52. The molecule has 0 saturated heterocycles. The summed E-state index contributed by atoms with van der Waals surface area (Å²) in [5.74, 6) is -0.945. The van der Waals surface area contributed by atoms with Crippen LogP contribution in [0.2, 0.25) is 0 Å². The summed E-state index contributed by atoms with van der Waals surface area (Å²) in [5.41, 5.74) is 4.38. The normalized spacial score (nSPS) is 15.2. The van der Waals surface area contributed by atoms with Crippen LogP contribution in [0, 0.1) is 34.6 Å². The van der Waals surface area contributed by atoms with Gasteiger partial charge in [-0.2, -0.15) is 0 Å². The smallest absolute Gasteiger partial charge is 0.307 e. The molecular formula is C20H30N2O5S. The van der Waals surface area contributed by atoms with Crippen molar-refractivity contribution in [1.82, 2.24) is 10.0 Å². The van der Waals surface area contributed by atoms with E-state index in [-0.39, 0.29) is 29.8 Å². The Morgan fingerprint density at radius 2 is 1.50 bits per heavy atom. The molecule has 0 spiro atoms. The van der Waals surface area contributed by atoms with Gasteiger partial charge in [0.2, 0.25) is 10.0 Å². The number of esters is 1. The number of ether oxygens (including phenoxy) is 1. The first-order valence-corrected chi connectivity index (χ1v) is 11.0. The molecule has 0 radical (unpaired) electrons. The summed E-state index contributed by atoms with van der Waals surface area (Å²) in [6, 6.07) is 0.188. The molecule has 156 valence electrons. The highest BCUT2D eigenvalue weighted by Gasteiger charge is 2.27. The van der Waals surface area contributed by atoms with Crippen molar-refractivity contribution in [3.05, 3.63) is 27.8 Å². The van der Waals surface area contributed by atoms with E-state index in [0.29, 0.717) is 11.1 Å². The highest BCUT2D eigenvalue weighted by Crippen LogP contribution is 2.29. The van der Waals surface area contributed by atoms with Crippen molar-refractivity contribution in [2.75, 3.05) is 6.54 Å². The van der Waals surface area contributed by atoms with Gasteiger partial charge in [-0.15, -0.1) is 0 Å². The molecule has 0 aromatic heterocycles. The molecule has 1 saturated carbocycles. The number of carbonyl (C=O) groups is 2. The van der Waals surface area contributed by atoms with Crippen LogP contribution in [0.5, 0.6) is 0 Å². The molecule has 7 nitrogen and oxygen atoms in total. The average Bonchev–Trinajstić information content (AvgIpc) is 3.41. The van der Waals surface area contributed by atoms with Crippen molar-refractivity contribution in [1.29, 1.82) is 0 Å². The molecule has 0 bridgehead atoms. The third-order valence-corrected chi connectivity index (χ3v) is 7.16. The second-order valence-electron chi connectivity index (χ2n) is 7.52. The summed E-state index contributed by atoms with van der Waals surface area (Å²) >= 11 is 0. The van der Waals surface area contributed by atoms with Gasteiger partial charge in [0.25, 0.3) is 5.91 Å². The fraction of sp³-hybridized carbons (Fsp3) is 0.600. The minimum atomic E-state index is -3.77. The third kappa shape index (κ3) is 5.11. The zero-order valence-electron chi connectivity index (χ0n) is 17.4. The topological polar surface area (TPSA) is 102 Å². The van der Waals surface area contributed by atoms with Crippen LogP contribution in [0.1, 0.15) is 54.0 Å². The Balaban J connectivity index is 1.96. The fourth-order valence-electron chi connectivity index (χ4n) is 3.08. The Morgan fingerprint density at radius 1 is 1.00 bits per heavy atom. The lowest BCUT2D eigenvalue weighted by atomic mass is 9.95. The molecule has 0 heterocycles. The first kappa shape index (κ1) is 22.4. The van der Waals surface area contributed by atoms with Crippen molar-refractivity contribution in [2.24, 2.45) is 0 Å². The quantitative estimate of drug-likeness (QED) is 0.639. The predicted molar refractivity (Wildman–Crippen MR) is 107 cm³/mol. The maximum atomic E-state index is 12.8. The molecule has 1 fully saturated rings. The summed E-state index contributed by atoms with van der Waals surface area (Å²) < 4.78 is 33.2. The van der Waals surface area contributed by atoms with E-state index in [1.54, 1.807) is 13.8 Å². The second-order valence-corrected chi connectivity index (χ2v) is 9.22. The van der Waals surface area contributed by atoms with E-state index in [1.807, 2.05) is 20.8 Å². The number of amides is 1. The highest BCUT2D eigenvalue weighted by atomic mass is 32.2. The molecule has 1 aliphatic rings. The zero-order valence-corrected chi connectivity index (χ0v) is 18.2. The molecular weight excluding hydrogens is 380 g/mol. The van der Waals surface area contributed by atoms with Crippen molar-refractivity contribution in [2.45, 2.75) is 77.8 Å². The van der Waals surface area contributed by atoms with Crippen LogP contribution in [0.3, 0.4) is 0 Å². The molecule has 8 heteroatoms. The standard InChI is InChI=1S/C20H30N2O5S/c1-11-12(2)14(4)19(15(5)13(11)3)28(25,26)21-10-9-18(23)27-16(6)20(24)22-17-7-8-17/h16-17,21H,7-10H2,1-6H3,(H,22,24)/t16-/m0/s1. The number of benzene rings is 1. The van der Waals surface area contributed by atoms with E-state index in [9.17, 15) is 18.0 Å². The van der Waals surface area contributed by atoms with Gasteiger partial charge in [0, 0.05) is 12.6 Å². The summed E-state index contributed by atoms with van der Waals surface area (Å²) in [5, 5.41) is 2.76. The van der Waals surface area contributed by atoms with E-state index in [0.717, 1.165) is 29.5 Å². The number of hydrogen-bond donors (Lipinski definition) is 2. The van der Waals surface area contributed by atoms with Gasteiger partial charge >= 0.3 is 5.97 Å². The van der Waals surface area contributed by atoms with E-state index in [4.69, 9.17) is 4.74 Å². The molecule has 28 heavy (non-hydrogen) atoms. The molecule has 0 unspecified atom stereocenters. The number of nitrogens with one attached hydrogen (secondary N) is 2. The molecule has 1 aromatic carbocycles. The van der Waals surface area contributed by atoms with Crippen molar-refractivity contribution < 1.29 is 22.7 Å². The van der Waals surface area contributed by atoms with E-state index < -0.39 is 22.1 Å². The Bertz CT molecular complexity index is 859. The number of rotatable bonds is 8. The van der Waals surface area contributed by atoms with E-state index in [2.05, 4.69) is 10.0 Å². The van der Waals surface area contributed by atoms with Crippen LogP contribution in [0.4, 0.5) is 0 Å². The first-order chi connectivity index (χ1) is 13.0. The highest BCUT2D eigenvalue weighted by molar-refractivity contribution is 7.89. The van der Waals surface area contributed by atoms with Gasteiger partial charge in [-0.25, -0.2) is 13.1 Å². The molecule has 2 N–H and O–H groups in total. The van der Waals surface area contributed by atoms with Crippen LogP contribution in [0.15, 0.2) is 4.90 Å². The van der Waals surface area contributed by atoms with Crippen LogP contribution < -0.4 is 10.0 Å². The number of hydrogen-bond acceptors (Lipinski definition) is 5. The van der Waals surface area contributed by atoms with Crippen molar-refractivity contribution >= 4 is 21.9 Å². The number of sulfonamides is 1. The zero-order chi connectivity index (χ0) is 21.2. The molecule has 0 aliphatic heterocycles. The Hall–Kier alpha value is -1.93. The lowest BCUT2D eigenvalue weighted by Gasteiger charge is -2.19. The minimum absolute atomic E-state index is 0.0943. The number of carbonyl (C=O) groups excluding carboxylic acids is 2. The molecule has 1 aromatic rings. The summed E-state index contributed by atoms with van der Waals surface area (Å²) in [7, 11) is -3.77. The second kappa shape index (κ2) is 8.61. The third-order valence-electron chi connectivity index (χ3n) is 5.42. The summed E-state index contributed by atoms with van der Waals surface area (Å²) in [4.78, 5) is 24.0. The average molecular weight is 411 g/mol. The Morgan fingerprint density at radius 3 is 2.00 bits per heavy atom. The predicted octanol–water partition coefficient (Wildman–Crippen LogP) is 2.11. The lowest BCUT2D eigenvalue weighted by molar-refractivity contribution is -0.154. The Kier molecular flexibility index (Phi) is 6.88. The summed E-state index contributed by atoms with van der Waals surface area (Å²) in [6.45, 7) is 10.8. The van der Waals surface area contributed by atoms with Gasteiger partial charge < -0.3 is 10.1 Å². The maximum Gasteiger partial charge on any atom is 0.307 e. The minimum Gasteiger partial charge on any atom is -0.453 e. The SMILES string of the molecule is Cc1c(C)c(C)c(S(=O)(=O)NCCC(=O)O[C@@H](C)C(=O)NC2CC2)c(C)c1C. The molecule has 1 atom stereocenters. The van der Waals surface area contributed by atoms with Gasteiger partial charge in [0.15, 0.2) is 6.10 Å². The van der Waals surface area contributed by atoms with Crippen molar-refractivity contribution in [3.63, 3.8) is 0 Å². The van der Waals surface area contributed by atoms with Gasteiger partial charge in [-0.3, -0.25) is 9.59 Å². The van der Waals surface area contributed by atoms with E-state index >= 15 is 0 Å². The van der Waals surface area contributed by atoms with Gasteiger partial charge in [-0.05, 0) is 82.2 Å². The van der Waals surface area contributed by atoms with Gasteiger partial charge in [0.1, 0.15) is 0 Å². The lowest BCUT2D eigenvalue weighted by Crippen LogP contribution is -2.37. The van der Waals surface area contributed by atoms with E-state index in [1.165, 1.54) is 6.92 Å². The largest absolute Gasteiger partial charge is 0.453 e. The molecule has 1 aliphatic carbocycles.